The number of methoxy groups -OCH3 is 2. The van der Waals surface area contributed by atoms with Gasteiger partial charge < -0.3 is 15.2 Å². The number of nitrogens with two attached hydrogens (primary N) is 1. The van der Waals surface area contributed by atoms with Crippen LogP contribution in [0.2, 0.25) is 0 Å². The average Bonchev–Trinajstić information content (AvgIpc) is 2.32. The predicted octanol–water partition coefficient (Wildman–Crippen LogP) is 2.43. The highest BCUT2D eigenvalue weighted by molar-refractivity contribution is 5.44. The molecule has 17 heavy (non-hydrogen) atoms. The number of ether oxygens (including phenoxy) is 2. The van der Waals surface area contributed by atoms with E-state index in [1.807, 2.05) is 0 Å². The van der Waals surface area contributed by atoms with Crippen LogP contribution in [-0.2, 0) is 11.3 Å². The largest absolute Gasteiger partial charge is 0.496 e. The zero-order chi connectivity index (χ0) is 12.8. The van der Waals surface area contributed by atoms with Crippen LogP contribution in [0.3, 0.4) is 0 Å². The summed E-state index contributed by atoms with van der Waals surface area (Å²) in [4.78, 5) is 0. The third-order valence-electron chi connectivity index (χ3n) is 2.86. The molecule has 0 aliphatic heterocycles. The normalized spacial score (nSPS) is 12.5. The molecule has 0 amide bonds. The Morgan fingerprint density at radius 2 is 2.06 bits per heavy atom. The molecule has 1 rings (SSSR count). The number of halogens is 1. The molecule has 0 saturated heterocycles. The lowest BCUT2D eigenvalue weighted by Crippen LogP contribution is -2.08. The van der Waals surface area contributed by atoms with Gasteiger partial charge >= 0.3 is 0 Å². The van der Waals surface area contributed by atoms with Crippen LogP contribution in [-0.4, -0.2) is 20.8 Å². The molecule has 1 aromatic carbocycles. The molecule has 4 heteroatoms. The summed E-state index contributed by atoms with van der Waals surface area (Å²) in [5.41, 5.74) is 6.99. The molecule has 3 nitrogen and oxygen atoms in total. The molecule has 0 heterocycles. The van der Waals surface area contributed by atoms with Crippen molar-refractivity contribution in [3.8, 4) is 5.75 Å². The van der Waals surface area contributed by atoms with Crippen LogP contribution in [0.25, 0.3) is 0 Å². The molecule has 0 fully saturated rings. The van der Waals surface area contributed by atoms with Crippen LogP contribution < -0.4 is 10.5 Å². The summed E-state index contributed by atoms with van der Waals surface area (Å²) in [6.07, 6.45) is 0.842. The van der Waals surface area contributed by atoms with Gasteiger partial charge in [-0.15, -0.1) is 0 Å². The van der Waals surface area contributed by atoms with E-state index in [9.17, 15) is 4.39 Å². The minimum Gasteiger partial charge on any atom is -0.496 e. The number of hydrogen-bond donors (Lipinski definition) is 1. The minimum atomic E-state index is -0.299. The van der Waals surface area contributed by atoms with Gasteiger partial charge in [0.05, 0.1) is 19.3 Å². The van der Waals surface area contributed by atoms with Gasteiger partial charge in [0.1, 0.15) is 11.6 Å². The van der Waals surface area contributed by atoms with Crippen LogP contribution in [0.5, 0.6) is 5.75 Å². The van der Waals surface area contributed by atoms with E-state index >= 15 is 0 Å². The van der Waals surface area contributed by atoms with Gasteiger partial charge in [-0.2, -0.15) is 0 Å². The van der Waals surface area contributed by atoms with Crippen molar-refractivity contribution < 1.29 is 13.9 Å². The highest BCUT2D eigenvalue weighted by atomic mass is 19.1. The topological polar surface area (TPSA) is 44.5 Å². The molecule has 0 aromatic heterocycles. The summed E-state index contributed by atoms with van der Waals surface area (Å²) >= 11 is 0. The fourth-order valence-electron chi connectivity index (χ4n) is 1.94. The Morgan fingerprint density at radius 3 is 2.59 bits per heavy atom. The molecule has 0 bridgehead atoms. The SMILES string of the molecule is COCc1c(F)ccc(C(C)CCN)c1OC. The van der Waals surface area contributed by atoms with Crippen molar-refractivity contribution in [3.63, 3.8) is 0 Å². The number of benzene rings is 1. The first kappa shape index (κ1) is 13.9. The molecule has 0 radical (unpaired) electrons. The standard InChI is InChI=1S/C13H20FNO2/c1-9(6-7-15)10-4-5-12(14)11(8-16-2)13(10)17-3/h4-5,9H,6-8,15H2,1-3H3. The summed E-state index contributed by atoms with van der Waals surface area (Å²) in [5, 5.41) is 0. The highest BCUT2D eigenvalue weighted by Crippen LogP contribution is 2.33. The van der Waals surface area contributed by atoms with E-state index in [0.29, 0.717) is 17.9 Å². The van der Waals surface area contributed by atoms with Gasteiger partial charge in [0, 0.05) is 7.11 Å². The van der Waals surface area contributed by atoms with Gasteiger partial charge in [-0.25, -0.2) is 4.39 Å². The molecule has 96 valence electrons. The van der Waals surface area contributed by atoms with E-state index in [1.54, 1.807) is 13.2 Å². The Labute approximate surface area is 102 Å². The van der Waals surface area contributed by atoms with Crippen molar-refractivity contribution >= 4 is 0 Å². The van der Waals surface area contributed by atoms with Gasteiger partial charge in [0.15, 0.2) is 0 Å². The number of hydrogen-bond acceptors (Lipinski definition) is 3. The lowest BCUT2D eigenvalue weighted by molar-refractivity contribution is 0.177. The third kappa shape index (κ3) is 3.17. The summed E-state index contributed by atoms with van der Waals surface area (Å²) in [6.45, 7) is 2.86. The Balaban J connectivity index is 3.17. The molecule has 2 N–H and O–H groups in total. The molecule has 0 spiro atoms. The monoisotopic (exact) mass is 241 g/mol. The molecule has 0 aliphatic rings. The fourth-order valence-corrected chi connectivity index (χ4v) is 1.94. The van der Waals surface area contributed by atoms with E-state index in [0.717, 1.165) is 12.0 Å². The maximum atomic E-state index is 13.7. The van der Waals surface area contributed by atoms with E-state index in [2.05, 4.69) is 6.92 Å². The van der Waals surface area contributed by atoms with E-state index in [1.165, 1.54) is 13.2 Å². The Hall–Kier alpha value is -1.13. The van der Waals surface area contributed by atoms with Crippen molar-refractivity contribution in [1.29, 1.82) is 0 Å². The zero-order valence-corrected chi connectivity index (χ0v) is 10.6. The van der Waals surface area contributed by atoms with Gasteiger partial charge in [-0.05, 0) is 30.5 Å². The fraction of sp³-hybridized carbons (Fsp3) is 0.538. The first-order valence-corrected chi connectivity index (χ1v) is 5.70. The molecular formula is C13H20FNO2. The van der Waals surface area contributed by atoms with Crippen LogP contribution in [0.1, 0.15) is 30.4 Å². The Morgan fingerprint density at radius 1 is 1.35 bits per heavy atom. The number of rotatable bonds is 6. The average molecular weight is 241 g/mol. The lowest BCUT2D eigenvalue weighted by Gasteiger charge is -2.18. The van der Waals surface area contributed by atoms with Gasteiger partial charge in [0.2, 0.25) is 0 Å². The molecule has 1 atom stereocenters. The van der Waals surface area contributed by atoms with Crippen LogP contribution in [0.15, 0.2) is 12.1 Å². The maximum absolute atomic E-state index is 13.7. The van der Waals surface area contributed by atoms with Crippen LogP contribution >= 0.6 is 0 Å². The summed E-state index contributed by atoms with van der Waals surface area (Å²) < 4.78 is 24.0. The second-order valence-electron chi connectivity index (χ2n) is 4.06. The first-order chi connectivity index (χ1) is 8.15. The van der Waals surface area contributed by atoms with Crippen LogP contribution in [0, 0.1) is 5.82 Å². The smallest absolute Gasteiger partial charge is 0.132 e. The van der Waals surface area contributed by atoms with E-state index in [-0.39, 0.29) is 18.3 Å². The molecule has 0 saturated carbocycles. The van der Waals surface area contributed by atoms with Crippen molar-refractivity contribution in [3.05, 3.63) is 29.1 Å². The Kier molecular flexibility index (Phi) is 5.38. The van der Waals surface area contributed by atoms with Crippen molar-refractivity contribution in [1.82, 2.24) is 0 Å². The quantitative estimate of drug-likeness (QED) is 0.832. The van der Waals surface area contributed by atoms with E-state index < -0.39 is 0 Å². The summed E-state index contributed by atoms with van der Waals surface area (Å²) in [6, 6.07) is 3.22. The second kappa shape index (κ2) is 6.57. The predicted molar refractivity (Wildman–Crippen MR) is 65.8 cm³/mol. The third-order valence-corrected chi connectivity index (χ3v) is 2.86. The summed E-state index contributed by atoms with van der Waals surface area (Å²) in [5.74, 6) is 0.520. The summed E-state index contributed by atoms with van der Waals surface area (Å²) in [7, 11) is 3.08. The lowest BCUT2D eigenvalue weighted by atomic mass is 9.94. The molecule has 1 unspecified atom stereocenters. The van der Waals surface area contributed by atoms with Crippen molar-refractivity contribution in [2.45, 2.75) is 25.9 Å². The Bertz CT molecular complexity index is 369. The highest BCUT2D eigenvalue weighted by Gasteiger charge is 2.17. The molecule has 0 aliphatic carbocycles. The molecule has 1 aromatic rings. The second-order valence-corrected chi connectivity index (χ2v) is 4.06. The van der Waals surface area contributed by atoms with Crippen LogP contribution in [0.4, 0.5) is 4.39 Å². The van der Waals surface area contributed by atoms with Crippen molar-refractivity contribution in [2.75, 3.05) is 20.8 Å². The van der Waals surface area contributed by atoms with Gasteiger partial charge in [0.25, 0.3) is 0 Å². The van der Waals surface area contributed by atoms with Crippen molar-refractivity contribution in [2.24, 2.45) is 5.73 Å². The maximum Gasteiger partial charge on any atom is 0.132 e. The minimum absolute atomic E-state index is 0.207. The van der Waals surface area contributed by atoms with E-state index in [4.69, 9.17) is 15.2 Å². The first-order valence-electron chi connectivity index (χ1n) is 5.70. The molecular weight excluding hydrogens is 221 g/mol. The van der Waals surface area contributed by atoms with Gasteiger partial charge in [-0.3, -0.25) is 0 Å². The van der Waals surface area contributed by atoms with Gasteiger partial charge in [-0.1, -0.05) is 13.0 Å². The zero-order valence-electron chi connectivity index (χ0n) is 10.6.